The summed E-state index contributed by atoms with van der Waals surface area (Å²) in [6.45, 7) is 4.27. The quantitative estimate of drug-likeness (QED) is 0.653. The normalized spacial score (nSPS) is 35.7. The van der Waals surface area contributed by atoms with Crippen LogP contribution in [-0.2, 0) is 4.74 Å². The summed E-state index contributed by atoms with van der Waals surface area (Å²) in [4.78, 5) is 0. The SMILES string of the molecule is C(=C\C1CCOC1)/C1CCCNC1. The molecule has 2 aliphatic rings. The first kappa shape index (κ1) is 9.22. The zero-order chi connectivity index (χ0) is 8.93. The van der Waals surface area contributed by atoms with Crippen molar-refractivity contribution >= 4 is 0 Å². The molecule has 0 saturated carbocycles. The molecule has 74 valence electrons. The summed E-state index contributed by atoms with van der Waals surface area (Å²) >= 11 is 0. The van der Waals surface area contributed by atoms with Gasteiger partial charge in [0.05, 0.1) is 6.61 Å². The van der Waals surface area contributed by atoms with E-state index < -0.39 is 0 Å². The molecule has 0 aromatic rings. The van der Waals surface area contributed by atoms with Crippen LogP contribution in [0.4, 0.5) is 0 Å². The minimum Gasteiger partial charge on any atom is -0.381 e. The topological polar surface area (TPSA) is 21.3 Å². The van der Waals surface area contributed by atoms with Gasteiger partial charge in [0, 0.05) is 19.1 Å². The molecular weight excluding hydrogens is 162 g/mol. The van der Waals surface area contributed by atoms with Crippen LogP contribution in [0.5, 0.6) is 0 Å². The summed E-state index contributed by atoms with van der Waals surface area (Å²) in [6, 6.07) is 0. The van der Waals surface area contributed by atoms with E-state index in [1.807, 2.05) is 0 Å². The van der Waals surface area contributed by atoms with E-state index in [1.54, 1.807) is 0 Å². The summed E-state index contributed by atoms with van der Waals surface area (Å²) in [5, 5.41) is 3.43. The van der Waals surface area contributed by atoms with Gasteiger partial charge < -0.3 is 10.1 Å². The van der Waals surface area contributed by atoms with E-state index >= 15 is 0 Å². The fourth-order valence-electron chi connectivity index (χ4n) is 2.06. The van der Waals surface area contributed by atoms with E-state index in [-0.39, 0.29) is 0 Å². The van der Waals surface area contributed by atoms with Gasteiger partial charge in [0.15, 0.2) is 0 Å². The Morgan fingerprint density at radius 2 is 2.08 bits per heavy atom. The molecule has 2 heteroatoms. The molecule has 2 saturated heterocycles. The fourth-order valence-corrected chi connectivity index (χ4v) is 2.06. The van der Waals surface area contributed by atoms with Crippen LogP contribution in [0.15, 0.2) is 12.2 Å². The maximum absolute atomic E-state index is 5.33. The lowest BCUT2D eigenvalue weighted by Crippen LogP contribution is -2.28. The van der Waals surface area contributed by atoms with Gasteiger partial charge in [-0.25, -0.2) is 0 Å². The molecule has 0 bridgehead atoms. The Bertz CT molecular complexity index is 167. The minimum atomic E-state index is 0.696. The Hall–Kier alpha value is -0.340. The second-order valence-corrected chi connectivity index (χ2v) is 4.12. The highest BCUT2D eigenvalue weighted by molar-refractivity contribution is 4.95. The summed E-state index contributed by atoms with van der Waals surface area (Å²) < 4.78 is 5.33. The van der Waals surface area contributed by atoms with Crippen LogP contribution in [0, 0.1) is 11.8 Å². The van der Waals surface area contributed by atoms with Crippen molar-refractivity contribution in [1.29, 1.82) is 0 Å². The Kier molecular flexibility index (Phi) is 3.39. The van der Waals surface area contributed by atoms with Gasteiger partial charge >= 0.3 is 0 Å². The van der Waals surface area contributed by atoms with Crippen molar-refractivity contribution in [3.8, 4) is 0 Å². The molecule has 2 heterocycles. The van der Waals surface area contributed by atoms with Gasteiger partial charge in [0.1, 0.15) is 0 Å². The lowest BCUT2D eigenvalue weighted by molar-refractivity contribution is 0.191. The molecular formula is C11H19NO. The monoisotopic (exact) mass is 181 g/mol. The zero-order valence-corrected chi connectivity index (χ0v) is 8.17. The molecule has 2 unspecified atom stereocenters. The smallest absolute Gasteiger partial charge is 0.0529 e. The highest BCUT2D eigenvalue weighted by Gasteiger charge is 2.14. The van der Waals surface area contributed by atoms with Gasteiger partial charge in [0.2, 0.25) is 0 Å². The highest BCUT2D eigenvalue weighted by Crippen LogP contribution is 2.17. The van der Waals surface area contributed by atoms with Crippen molar-refractivity contribution in [2.45, 2.75) is 19.3 Å². The van der Waals surface area contributed by atoms with E-state index in [1.165, 1.54) is 32.4 Å². The average molecular weight is 181 g/mol. The van der Waals surface area contributed by atoms with E-state index in [2.05, 4.69) is 17.5 Å². The molecule has 0 radical (unpaired) electrons. The number of hydrogen-bond donors (Lipinski definition) is 1. The molecule has 13 heavy (non-hydrogen) atoms. The van der Waals surface area contributed by atoms with Crippen molar-refractivity contribution < 1.29 is 4.74 Å². The molecule has 2 aliphatic heterocycles. The van der Waals surface area contributed by atoms with Crippen molar-refractivity contribution in [3.05, 3.63) is 12.2 Å². The van der Waals surface area contributed by atoms with Crippen LogP contribution in [0.25, 0.3) is 0 Å². The molecule has 0 spiro atoms. The third kappa shape index (κ3) is 2.82. The van der Waals surface area contributed by atoms with Crippen molar-refractivity contribution in [2.75, 3.05) is 26.3 Å². The third-order valence-electron chi connectivity index (χ3n) is 2.96. The van der Waals surface area contributed by atoms with Crippen LogP contribution in [0.2, 0.25) is 0 Å². The van der Waals surface area contributed by atoms with E-state index in [0.717, 1.165) is 19.1 Å². The number of ether oxygens (including phenoxy) is 1. The molecule has 2 atom stereocenters. The van der Waals surface area contributed by atoms with Crippen LogP contribution in [-0.4, -0.2) is 26.3 Å². The molecule has 0 aromatic heterocycles. The molecule has 2 fully saturated rings. The third-order valence-corrected chi connectivity index (χ3v) is 2.96. The highest BCUT2D eigenvalue weighted by atomic mass is 16.5. The fraction of sp³-hybridized carbons (Fsp3) is 0.818. The van der Waals surface area contributed by atoms with E-state index in [9.17, 15) is 0 Å². The van der Waals surface area contributed by atoms with E-state index in [4.69, 9.17) is 4.74 Å². The predicted octanol–water partition coefficient (Wildman–Crippen LogP) is 1.58. The average Bonchev–Trinajstić information content (AvgIpc) is 2.69. The summed E-state index contributed by atoms with van der Waals surface area (Å²) in [6.07, 6.45) is 8.67. The number of hydrogen-bond acceptors (Lipinski definition) is 2. The Morgan fingerprint density at radius 1 is 1.15 bits per heavy atom. The minimum absolute atomic E-state index is 0.696. The Morgan fingerprint density at radius 3 is 2.77 bits per heavy atom. The summed E-state index contributed by atoms with van der Waals surface area (Å²) in [5.74, 6) is 1.47. The first-order valence-corrected chi connectivity index (χ1v) is 5.42. The molecule has 0 amide bonds. The van der Waals surface area contributed by atoms with Crippen molar-refractivity contribution in [1.82, 2.24) is 5.32 Å². The Labute approximate surface area is 80.4 Å². The second kappa shape index (κ2) is 4.77. The summed E-state index contributed by atoms with van der Waals surface area (Å²) in [7, 11) is 0. The largest absolute Gasteiger partial charge is 0.381 e. The first-order valence-electron chi connectivity index (χ1n) is 5.42. The molecule has 0 aromatic carbocycles. The summed E-state index contributed by atoms with van der Waals surface area (Å²) in [5.41, 5.74) is 0. The number of piperidine rings is 1. The van der Waals surface area contributed by atoms with Gasteiger partial charge in [-0.05, 0) is 31.7 Å². The van der Waals surface area contributed by atoms with Crippen LogP contribution < -0.4 is 5.32 Å². The first-order chi connectivity index (χ1) is 6.45. The zero-order valence-electron chi connectivity index (χ0n) is 8.17. The maximum atomic E-state index is 5.33. The molecule has 2 rings (SSSR count). The van der Waals surface area contributed by atoms with Gasteiger partial charge in [-0.15, -0.1) is 0 Å². The lowest BCUT2D eigenvalue weighted by atomic mass is 9.97. The lowest BCUT2D eigenvalue weighted by Gasteiger charge is -2.19. The number of nitrogens with one attached hydrogen (secondary N) is 1. The van der Waals surface area contributed by atoms with Gasteiger partial charge in [-0.3, -0.25) is 0 Å². The van der Waals surface area contributed by atoms with E-state index in [0.29, 0.717) is 5.92 Å². The van der Waals surface area contributed by atoms with Crippen molar-refractivity contribution in [3.63, 3.8) is 0 Å². The Balaban J connectivity index is 1.74. The van der Waals surface area contributed by atoms with Crippen LogP contribution in [0.3, 0.4) is 0 Å². The molecule has 0 aliphatic carbocycles. The van der Waals surface area contributed by atoms with Crippen LogP contribution in [0.1, 0.15) is 19.3 Å². The predicted molar refractivity (Wildman–Crippen MR) is 53.7 cm³/mol. The molecule has 1 N–H and O–H groups in total. The van der Waals surface area contributed by atoms with Crippen LogP contribution >= 0.6 is 0 Å². The second-order valence-electron chi connectivity index (χ2n) is 4.12. The van der Waals surface area contributed by atoms with Gasteiger partial charge in [0.25, 0.3) is 0 Å². The van der Waals surface area contributed by atoms with Gasteiger partial charge in [-0.1, -0.05) is 12.2 Å². The standard InChI is InChI=1S/C11H19NO/c1-2-10(8-12-6-1)3-4-11-5-7-13-9-11/h3-4,10-12H,1-2,5-9H2/b4-3+. The molecule has 2 nitrogen and oxygen atoms in total. The maximum Gasteiger partial charge on any atom is 0.0529 e. The van der Waals surface area contributed by atoms with Gasteiger partial charge in [-0.2, -0.15) is 0 Å². The number of rotatable bonds is 2. The van der Waals surface area contributed by atoms with Crippen molar-refractivity contribution in [2.24, 2.45) is 11.8 Å².